The maximum atomic E-state index is 11.8. The Hall–Kier alpha value is -1.62. The van der Waals surface area contributed by atoms with E-state index in [-0.39, 0.29) is 5.97 Å². The Morgan fingerprint density at radius 2 is 2.35 bits per heavy atom. The van der Waals surface area contributed by atoms with Crippen molar-refractivity contribution in [2.24, 2.45) is 0 Å². The van der Waals surface area contributed by atoms with Gasteiger partial charge >= 0.3 is 5.97 Å². The summed E-state index contributed by atoms with van der Waals surface area (Å²) in [7, 11) is 0. The van der Waals surface area contributed by atoms with E-state index in [1.54, 1.807) is 13.1 Å². The highest BCUT2D eigenvalue weighted by Gasteiger charge is 2.16. The van der Waals surface area contributed by atoms with Gasteiger partial charge in [-0.2, -0.15) is 5.10 Å². The van der Waals surface area contributed by atoms with Gasteiger partial charge in [0.05, 0.1) is 18.4 Å². The molecule has 0 aliphatic rings. The number of esters is 1. The summed E-state index contributed by atoms with van der Waals surface area (Å²) in [6.45, 7) is 2.10. The van der Waals surface area contributed by atoms with Gasteiger partial charge in [0.25, 0.3) is 0 Å². The lowest BCUT2D eigenvalue weighted by molar-refractivity contribution is 0.0525. The fraction of sp³-hybridized carbons (Fsp3) is 0.364. The van der Waals surface area contributed by atoms with Crippen molar-refractivity contribution in [3.05, 3.63) is 23.5 Å². The minimum atomic E-state index is -0.372. The lowest BCUT2D eigenvalue weighted by atomic mass is 10.0. The molecule has 0 fully saturated rings. The van der Waals surface area contributed by atoms with Gasteiger partial charge < -0.3 is 4.74 Å². The third-order valence-corrected chi connectivity index (χ3v) is 2.62. The number of aryl methyl sites for hydroxylation is 1. The number of aromatic nitrogens is 3. The molecule has 0 spiro atoms. The van der Waals surface area contributed by atoms with Crippen LogP contribution in [0.4, 0.5) is 0 Å². The summed E-state index contributed by atoms with van der Waals surface area (Å²) in [6.07, 6.45) is 3.72. The number of carbonyl (C=O) groups excluding carboxylic acids is 1. The Bertz CT molecular complexity index is 538. The smallest absolute Gasteiger partial charge is 0.339 e. The molecule has 90 valence electrons. The number of H-pyrrole nitrogens is 1. The number of rotatable bonds is 4. The van der Waals surface area contributed by atoms with Gasteiger partial charge in [-0.1, -0.05) is 0 Å². The SMILES string of the molecule is CCOC(=O)c1cnc2[nH]ncc2c1CCCl. The number of alkyl halides is 1. The third kappa shape index (κ3) is 2.24. The van der Waals surface area contributed by atoms with E-state index in [9.17, 15) is 4.79 Å². The zero-order valence-electron chi connectivity index (χ0n) is 9.36. The Kier molecular flexibility index (Phi) is 3.58. The van der Waals surface area contributed by atoms with E-state index in [0.29, 0.717) is 30.1 Å². The van der Waals surface area contributed by atoms with Crippen LogP contribution >= 0.6 is 11.6 Å². The van der Waals surface area contributed by atoms with E-state index in [1.165, 1.54) is 6.20 Å². The van der Waals surface area contributed by atoms with Crippen molar-refractivity contribution in [2.45, 2.75) is 13.3 Å². The summed E-state index contributed by atoms with van der Waals surface area (Å²) in [6, 6.07) is 0. The maximum Gasteiger partial charge on any atom is 0.339 e. The number of hydrogen-bond donors (Lipinski definition) is 1. The Labute approximate surface area is 103 Å². The highest BCUT2D eigenvalue weighted by atomic mass is 35.5. The first kappa shape index (κ1) is 11.9. The molecule has 2 rings (SSSR count). The highest BCUT2D eigenvalue weighted by Crippen LogP contribution is 2.20. The molecule has 0 saturated carbocycles. The molecule has 17 heavy (non-hydrogen) atoms. The lowest BCUT2D eigenvalue weighted by Crippen LogP contribution is -2.09. The fourth-order valence-electron chi connectivity index (χ4n) is 1.70. The van der Waals surface area contributed by atoms with Crippen molar-refractivity contribution in [3.63, 3.8) is 0 Å². The van der Waals surface area contributed by atoms with Gasteiger partial charge in [0.1, 0.15) is 0 Å². The van der Waals surface area contributed by atoms with Crippen LogP contribution in [-0.2, 0) is 11.2 Å². The van der Waals surface area contributed by atoms with E-state index < -0.39 is 0 Å². The van der Waals surface area contributed by atoms with Crippen LogP contribution in [0, 0.1) is 0 Å². The minimum Gasteiger partial charge on any atom is -0.462 e. The molecule has 5 nitrogen and oxygen atoms in total. The molecule has 0 atom stereocenters. The Morgan fingerprint density at radius 3 is 3.06 bits per heavy atom. The first-order valence-corrected chi connectivity index (χ1v) is 5.85. The van der Waals surface area contributed by atoms with E-state index in [4.69, 9.17) is 16.3 Å². The highest BCUT2D eigenvalue weighted by molar-refractivity contribution is 6.18. The van der Waals surface area contributed by atoms with Crippen molar-refractivity contribution in [1.82, 2.24) is 15.2 Å². The average molecular weight is 254 g/mol. The molecule has 2 aromatic heterocycles. The van der Waals surface area contributed by atoms with Crippen molar-refractivity contribution >= 4 is 28.6 Å². The fourth-order valence-corrected chi connectivity index (χ4v) is 1.89. The van der Waals surface area contributed by atoms with E-state index in [1.807, 2.05) is 0 Å². The van der Waals surface area contributed by atoms with Crippen molar-refractivity contribution in [2.75, 3.05) is 12.5 Å². The third-order valence-electron chi connectivity index (χ3n) is 2.43. The quantitative estimate of drug-likeness (QED) is 0.668. The number of pyridine rings is 1. The van der Waals surface area contributed by atoms with Crippen LogP contribution in [-0.4, -0.2) is 33.6 Å². The van der Waals surface area contributed by atoms with E-state index in [0.717, 1.165) is 10.9 Å². The summed E-state index contributed by atoms with van der Waals surface area (Å²) in [5.74, 6) is 0.0553. The van der Waals surface area contributed by atoms with Crippen LogP contribution in [0.25, 0.3) is 11.0 Å². The molecular weight excluding hydrogens is 242 g/mol. The van der Waals surface area contributed by atoms with Crippen LogP contribution < -0.4 is 0 Å². The van der Waals surface area contributed by atoms with E-state index >= 15 is 0 Å². The summed E-state index contributed by atoms with van der Waals surface area (Å²) in [4.78, 5) is 15.9. The normalized spacial score (nSPS) is 10.7. The molecule has 1 N–H and O–H groups in total. The van der Waals surface area contributed by atoms with Crippen LogP contribution in [0.1, 0.15) is 22.8 Å². The predicted molar refractivity (Wildman–Crippen MR) is 64.3 cm³/mol. The topological polar surface area (TPSA) is 67.9 Å². The second-order valence-corrected chi connectivity index (χ2v) is 3.82. The molecule has 0 radical (unpaired) electrons. The Morgan fingerprint density at radius 1 is 1.53 bits per heavy atom. The second kappa shape index (κ2) is 5.14. The molecule has 6 heteroatoms. The minimum absolute atomic E-state index is 0.336. The van der Waals surface area contributed by atoms with Crippen molar-refractivity contribution < 1.29 is 9.53 Å². The summed E-state index contributed by atoms with van der Waals surface area (Å²) in [5.41, 5.74) is 1.94. The van der Waals surface area contributed by atoms with Gasteiger partial charge in [-0.15, -0.1) is 11.6 Å². The number of nitrogens with zero attached hydrogens (tertiary/aromatic N) is 2. The van der Waals surface area contributed by atoms with Gasteiger partial charge in [-0.05, 0) is 18.9 Å². The molecule has 0 unspecified atom stereocenters. The number of aromatic amines is 1. The molecular formula is C11H12ClN3O2. The maximum absolute atomic E-state index is 11.8. The first-order valence-electron chi connectivity index (χ1n) is 5.32. The molecule has 0 aliphatic carbocycles. The lowest BCUT2D eigenvalue weighted by Gasteiger charge is -2.07. The van der Waals surface area contributed by atoms with Crippen molar-refractivity contribution in [1.29, 1.82) is 0 Å². The number of ether oxygens (including phenoxy) is 1. The van der Waals surface area contributed by atoms with Gasteiger partial charge in [-0.25, -0.2) is 9.78 Å². The monoisotopic (exact) mass is 253 g/mol. The van der Waals surface area contributed by atoms with Gasteiger partial charge in [0.2, 0.25) is 0 Å². The number of carbonyl (C=O) groups is 1. The molecule has 0 aromatic carbocycles. The van der Waals surface area contributed by atoms with Crippen LogP contribution in [0.3, 0.4) is 0 Å². The molecule has 0 bridgehead atoms. The molecule has 0 aliphatic heterocycles. The van der Waals surface area contributed by atoms with Crippen LogP contribution in [0.15, 0.2) is 12.4 Å². The summed E-state index contributed by atoms with van der Waals surface area (Å²) < 4.78 is 4.99. The van der Waals surface area contributed by atoms with Gasteiger partial charge in [-0.3, -0.25) is 5.10 Å². The second-order valence-electron chi connectivity index (χ2n) is 3.44. The van der Waals surface area contributed by atoms with Gasteiger partial charge in [0, 0.05) is 17.5 Å². The molecule has 2 heterocycles. The van der Waals surface area contributed by atoms with Crippen molar-refractivity contribution in [3.8, 4) is 0 Å². The van der Waals surface area contributed by atoms with Crippen LogP contribution in [0.2, 0.25) is 0 Å². The summed E-state index contributed by atoms with van der Waals surface area (Å²) in [5, 5.41) is 7.48. The van der Waals surface area contributed by atoms with Crippen LogP contribution in [0.5, 0.6) is 0 Å². The van der Waals surface area contributed by atoms with Gasteiger partial charge in [0.15, 0.2) is 5.65 Å². The molecule has 2 aromatic rings. The zero-order chi connectivity index (χ0) is 12.3. The number of nitrogens with one attached hydrogen (secondary N) is 1. The number of halogens is 1. The molecule has 0 saturated heterocycles. The Balaban J connectivity index is 2.53. The standard InChI is InChI=1S/C11H12ClN3O2/c1-2-17-11(16)9-5-13-10-8(6-14-15-10)7(9)3-4-12/h5-6H,2-4H2,1H3,(H,13,14,15). The first-order chi connectivity index (χ1) is 8.27. The zero-order valence-corrected chi connectivity index (χ0v) is 10.1. The largest absolute Gasteiger partial charge is 0.462 e. The summed E-state index contributed by atoms with van der Waals surface area (Å²) >= 11 is 5.75. The van der Waals surface area contributed by atoms with E-state index in [2.05, 4.69) is 15.2 Å². The average Bonchev–Trinajstić information content (AvgIpc) is 2.78. The molecule has 0 amide bonds. The number of fused-ring (bicyclic) bond motifs is 1. The number of hydrogen-bond acceptors (Lipinski definition) is 4. The predicted octanol–water partition coefficient (Wildman–Crippen LogP) is 1.92.